The number of halogens is 1. The number of hydrogen-bond acceptors (Lipinski definition) is 4. The van der Waals surface area contributed by atoms with Crippen LogP contribution >= 0.6 is 11.6 Å². The molecule has 142 valence electrons. The van der Waals surface area contributed by atoms with E-state index in [1.165, 1.54) is 0 Å². The van der Waals surface area contributed by atoms with E-state index in [1.54, 1.807) is 66.8 Å². The van der Waals surface area contributed by atoms with Crippen molar-refractivity contribution in [3.63, 3.8) is 0 Å². The lowest BCUT2D eigenvalue weighted by Gasteiger charge is -2.17. The molecule has 3 rings (SSSR count). The Kier molecular flexibility index (Phi) is 6.34. The number of rotatable bonds is 6. The van der Waals surface area contributed by atoms with Gasteiger partial charge in [0.2, 0.25) is 0 Å². The molecule has 0 spiro atoms. The highest BCUT2D eigenvalue weighted by atomic mass is 35.5. The summed E-state index contributed by atoms with van der Waals surface area (Å²) in [6.07, 6.45) is 4.15. The molecule has 0 radical (unpaired) electrons. The molecule has 0 fully saturated rings. The monoisotopic (exact) mass is 394 g/mol. The van der Waals surface area contributed by atoms with Crippen molar-refractivity contribution in [3.8, 4) is 0 Å². The molecule has 0 aliphatic carbocycles. The van der Waals surface area contributed by atoms with Crippen molar-refractivity contribution < 1.29 is 9.59 Å². The van der Waals surface area contributed by atoms with Crippen LogP contribution in [0, 0.1) is 0 Å². The molecule has 0 unspecified atom stereocenters. The molecule has 2 aromatic heterocycles. The number of pyridine rings is 2. The number of carbonyl (C=O) groups excluding carboxylic acids is 2. The normalized spacial score (nSPS) is 10.4. The van der Waals surface area contributed by atoms with E-state index in [9.17, 15) is 9.59 Å². The fourth-order valence-corrected chi connectivity index (χ4v) is 2.78. The second-order valence-electron chi connectivity index (χ2n) is 6.20. The fourth-order valence-electron chi connectivity index (χ4n) is 2.58. The molecule has 0 saturated heterocycles. The maximum Gasteiger partial charge on any atom is 0.274 e. The van der Waals surface area contributed by atoms with Crippen LogP contribution in [0.4, 0.5) is 5.69 Å². The smallest absolute Gasteiger partial charge is 0.274 e. The van der Waals surface area contributed by atoms with Crippen LogP contribution in [0.2, 0.25) is 5.02 Å². The predicted molar refractivity (Wildman–Crippen MR) is 109 cm³/mol. The van der Waals surface area contributed by atoms with Crippen molar-refractivity contribution in [2.24, 2.45) is 0 Å². The molecule has 0 aliphatic rings. The molecular weight excluding hydrogens is 376 g/mol. The second kappa shape index (κ2) is 9.10. The summed E-state index contributed by atoms with van der Waals surface area (Å²) in [5.41, 5.74) is 2.03. The van der Waals surface area contributed by atoms with Gasteiger partial charge in [-0.2, -0.15) is 0 Å². The Hall–Kier alpha value is -3.25. The number of nitrogens with one attached hydrogen (secondary N) is 1. The summed E-state index contributed by atoms with van der Waals surface area (Å²) in [6, 6.07) is 15.5. The van der Waals surface area contributed by atoms with Crippen molar-refractivity contribution in [1.82, 2.24) is 14.9 Å². The largest absolute Gasteiger partial charge is 0.340 e. The van der Waals surface area contributed by atoms with E-state index in [0.29, 0.717) is 23.7 Å². The summed E-state index contributed by atoms with van der Waals surface area (Å²) in [5, 5.41) is 3.24. The molecule has 1 aromatic carbocycles. The molecular formula is C21H19ClN4O2. The van der Waals surface area contributed by atoms with Crippen LogP contribution in [0.1, 0.15) is 26.5 Å². The lowest BCUT2D eigenvalue weighted by molar-refractivity contribution is 0.0790. The molecule has 6 nitrogen and oxygen atoms in total. The van der Waals surface area contributed by atoms with E-state index in [4.69, 9.17) is 11.6 Å². The second-order valence-corrected chi connectivity index (χ2v) is 6.64. The van der Waals surface area contributed by atoms with E-state index >= 15 is 0 Å². The zero-order chi connectivity index (χ0) is 19.9. The van der Waals surface area contributed by atoms with E-state index < -0.39 is 5.91 Å². The first kappa shape index (κ1) is 19.5. The summed E-state index contributed by atoms with van der Waals surface area (Å²) in [4.78, 5) is 34.9. The Morgan fingerprint density at radius 1 is 1.04 bits per heavy atom. The Morgan fingerprint density at radius 2 is 1.75 bits per heavy atom. The van der Waals surface area contributed by atoms with Gasteiger partial charge in [-0.3, -0.25) is 14.6 Å². The highest BCUT2D eigenvalue weighted by molar-refractivity contribution is 6.30. The third-order valence-corrected chi connectivity index (χ3v) is 4.35. The summed E-state index contributed by atoms with van der Waals surface area (Å²) < 4.78 is 0. The van der Waals surface area contributed by atoms with Crippen LogP contribution in [0.15, 0.2) is 67.0 Å². The highest BCUT2D eigenvalue weighted by Gasteiger charge is 2.16. The number of benzene rings is 1. The van der Waals surface area contributed by atoms with Gasteiger partial charge in [-0.15, -0.1) is 0 Å². The molecule has 0 bridgehead atoms. The maximum absolute atomic E-state index is 12.6. The molecule has 0 saturated carbocycles. The minimum Gasteiger partial charge on any atom is -0.340 e. The summed E-state index contributed by atoms with van der Waals surface area (Å²) in [7, 11) is 1.71. The number of hydrogen-bond donors (Lipinski definition) is 1. The Labute approximate surface area is 168 Å². The van der Waals surface area contributed by atoms with Gasteiger partial charge in [-0.1, -0.05) is 23.7 Å². The standard InChI is InChI=1S/C21H19ClN4O2/c1-26(13-10-15-8-11-23-12-9-15)21(28)19-7-3-6-18(25-19)20(27)24-17-5-2-4-16(22)14-17/h2-9,11-12,14H,10,13H2,1H3,(H,24,27). The number of carbonyl (C=O) groups is 2. The first-order valence-electron chi connectivity index (χ1n) is 8.71. The Morgan fingerprint density at radius 3 is 2.50 bits per heavy atom. The lowest BCUT2D eigenvalue weighted by Crippen LogP contribution is -2.30. The van der Waals surface area contributed by atoms with E-state index in [-0.39, 0.29) is 17.3 Å². The van der Waals surface area contributed by atoms with E-state index in [1.807, 2.05) is 12.1 Å². The van der Waals surface area contributed by atoms with Crippen molar-refractivity contribution in [2.75, 3.05) is 18.9 Å². The number of amides is 2. The van der Waals surface area contributed by atoms with Crippen LogP contribution in [0.5, 0.6) is 0 Å². The first-order chi connectivity index (χ1) is 13.5. The number of likely N-dealkylation sites (N-methyl/N-ethyl adjacent to an activating group) is 1. The minimum atomic E-state index is -0.406. The quantitative estimate of drug-likeness (QED) is 0.691. The van der Waals surface area contributed by atoms with Crippen LogP contribution < -0.4 is 5.32 Å². The topological polar surface area (TPSA) is 75.2 Å². The van der Waals surface area contributed by atoms with Gasteiger partial charge in [-0.05, 0) is 54.4 Å². The van der Waals surface area contributed by atoms with Crippen molar-refractivity contribution in [1.29, 1.82) is 0 Å². The van der Waals surface area contributed by atoms with Crippen molar-refractivity contribution >= 4 is 29.1 Å². The lowest BCUT2D eigenvalue weighted by atomic mass is 10.2. The molecule has 2 amide bonds. The van der Waals surface area contributed by atoms with Gasteiger partial charge < -0.3 is 10.2 Å². The zero-order valence-corrected chi connectivity index (χ0v) is 16.1. The summed E-state index contributed by atoms with van der Waals surface area (Å²) >= 11 is 5.93. The van der Waals surface area contributed by atoms with Crippen LogP contribution in [0.25, 0.3) is 0 Å². The molecule has 28 heavy (non-hydrogen) atoms. The van der Waals surface area contributed by atoms with Crippen molar-refractivity contribution in [3.05, 3.63) is 89.0 Å². The third kappa shape index (κ3) is 5.14. The Bertz CT molecular complexity index is 979. The zero-order valence-electron chi connectivity index (χ0n) is 15.3. The Balaban J connectivity index is 1.66. The van der Waals surface area contributed by atoms with Gasteiger partial charge in [0.1, 0.15) is 11.4 Å². The van der Waals surface area contributed by atoms with Crippen LogP contribution in [0.3, 0.4) is 0 Å². The fraction of sp³-hybridized carbons (Fsp3) is 0.143. The number of anilines is 1. The van der Waals surface area contributed by atoms with E-state index in [2.05, 4.69) is 15.3 Å². The average Bonchev–Trinajstić information content (AvgIpc) is 2.72. The highest BCUT2D eigenvalue weighted by Crippen LogP contribution is 2.16. The van der Waals surface area contributed by atoms with Crippen molar-refractivity contribution in [2.45, 2.75) is 6.42 Å². The summed E-state index contributed by atoms with van der Waals surface area (Å²) in [5.74, 6) is -0.650. The van der Waals surface area contributed by atoms with Gasteiger partial charge in [-0.25, -0.2) is 4.98 Å². The van der Waals surface area contributed by atoms with Crippen LogP contribution in [-0.4, -0.2) is 40.3 Å². The summed E-state index contributed by atoms with van der Waals surface area (Å²) in [6.45, 7) is 0.531. The number of aromatic nitrogens is 2. The average molecular weight is 395 g/mol. The molecule has 0 aliphatic heterocycles. The van der Waals surface area contributed by atoms with Gasteiger partial charge in [0.05, 0.1) is 0 Å². The SMILES string of the molecule is CN(CCc1ccncc1)C(=O)c1cccc(C(=O)Nc2cccc(Cl)c2)n1. The molecule has 3 aromatic rings. The van der Waals surface area contributed by atoms with Gasteiger partial charge >= 0.3 is 0 Å². The number of nitrogens with zero attached hydrogens (tertiary/aromatic N) is 3. The molecule has 1 N–H and O–H groups in total. The van der Waals surface area contributed by atoms with E-state index in [0.717, 1.165) is 5.56 Å². The third-order valence-electron chi connectivity index (χ3n) is 4.12. The minimum absolute atomic E-state index is 0.161. The molecule has 0 atom stereocenters. The van der Waals surface area contributed by atoms with Gasteiger partial charge in [0.15, 0.2) is 0 Å². The first-order valence-corrected chi connectivity index (χ1v) is 9.09. The predicted octanol–water partition coefficient (Wildman–Crippen LogP) is 3.70. The maximum atomic E-state index is 12.6. The molecule has 2 heterocycles. The van der Waals surface area contributed by atoms with Crippen LogP contribution in [-0.2, 0) is 6.42 Å². The van der Waals surface area contributed by atoms with Gasteiger partial charge in [0.25, 0.3) is 11.8 Å². The molecule has 7 heteroatoms. The van der Waals surface area contributed by atoms with Gasteiger partial charge in [0, 0.05) is 36.7 Å².